The lowest BCUT2D eigenvalue weighted by Crippen LogP contribution is -1.93. The summed E-state index contributed by atoms with van der Waals surface area (Å²) in [6, 6.07) is 28.6. The van der Waals surface area contributed by atoms with Gasteiger partial charge in [-0.3, -0.25) is 4.57 Å². The summed E-state index contributed by atoms with van der Waals surface area (Å²) in [7, 11) is 0. The van der Waals surface area contributed by atoms with E-state index in [9.17, 15) is 0 Å². The molecule has 0 aliphatic carbocycles. The van der Waals surface area contributed by atoms with Crippen LogP contribution in [0.25, 0.3) is 77.3 Å². The Morgan fingerprint density at radius 1 is 0.488 bits per heavy atom. The van der Waals surface area contributed by atoms with Crippen molar-refractivity contribution in [2.45, 2.75) is 0 Å². The van der Waals surface area contributed by atoms with Crippen LogP contribution >= 0.6 is 0 Å². The molecule has 3 heteroatoms. The molecule has 6 aromatic carbocycles. The number of aromatic nitrogens is 2. The maximum atomic E-state index is 8.78. The van der Waals surface area contributed by atoms with Crippen molar-refractivity contribution in [3.63, 3.8) is 0 Å². The van der Waals surface area contributed by atoms with Crippen molar-refractivity contribution in [3.05, 3.63) is 145 Å². The molecule has 0 radical (unpaired) electrons. The molecular formula is C38H24N2O. The van der Waals surface area contributed by atoms with Crippen LogP contribution in [-0.2, 0) is 0 Å². The second-order valence-electron chi connectivity index (χ2n) is 10.0. The number of nitrogens with zero attached hydrogens (tertiary/aromatic N) is 2. The van der Waals surface area contributed by atoms with Crippen LogP contribution in [0.1, 0.15) is 11.0 Å². The van der Waals surface area contributed by atoms with E-state index >= 15 is 0 Å². The molecule has 0 aliphatic heterocycles. The van der Waals surface area contributed by atoms with Crippen molar-refractivity contribution in [1.29, 1.82) is 0 Å². The molecule has 3 heterocycles. The molecule has 0 bridgehead atoms. The minimum Gasteiger partial charge on any atom is -0.439 e. The van der Waals surface area contributed by atoms with E-state index in [4.69, 9.17) is 15.4 Å². The van der Waals surface area contributed by atoms with E-state index in [-0.39, 0.29) is 46.0 Å². The van der Waals surface area contributed by atoms with Crippen LogP contribution in [0.2, 0.25) is 0 Å². The van der Waals surface area contributed by atoms with Crippen LogP contribution in [0.15, 0.2) is 150 Å². The lowest BCUT2D eigenvalue weighted by molar-refractivity contribution is 0.645. The van der Waals surface area contributed by atoms with Gasteiger partial charge in [-0.15, -0.1) is 0 Å². The number of fused-ring (bicyclic) bond motifs is 8. The van der Waals surface area contributed by atoms with Gasteiger partial charge in [0.2, 0.25) is 5.71 Å². The molecule has 0 amide bonds. The van der Waals surface area contributed by atoms with E-state index in [0.717, 1.165) is 49.8 Å². The predicted octanol–water partition coefficient (Wildman–Crippen LogP) is 10.3. The summed E-state index contributed by atoms with van der Waals surface area (Å²) in [6.45, 7) is 0. The summed E-state index contributed by atoms with van der Waals surface area (Å²) in [5.41, 5.74) is 6.07. The summed E-state index contributed by atoms with van der Waals surface area (Å²) >= 11 is 0. The van der Waals surface area contributed by atoms with Crippen molar-refractivity contribution in [2.75, 3.05) is 0 Å². The topological polar surface area (TPSA) is 23.0 Å². The van der Waals surface area contributed by atoms with Crippen LogP contribution in [0.4, 0.5) is 0 Å². The molecule has 0 N–H and O–H groups in total. The average Bonchev–Trinajstić information content (AvgIpc) is 3.79. The summed E-state index contributed by atoms with van der Waals surface area (Å²) < 4.78 is 78.3. The first kappa shape index (κ1) is 15.9. The molecule has 9 aromatic rings. The Kier molecular flexibility index (Phi) is 3.29. The van der Waals surface area contributed by atoms with Gasteiger partial charge in [0.1, 0.15) is 5.58 Å². The highest BCUT2D eigenvalue weighted by molar-refractivity contribution is 6.20. The molecule has 0 spiro atoms. The summed E-state index contributed by atoms with van der Waals surface area (Å²) in [5.74, 6) is 0. The molecule has 9 rings (SSSR count). The van der Waals surface area contributed by atoms with Crippen LogP contribution in [0.3, 0.4) is 0 Å². The standard InChI is InChI=1S/C38H24N2O/c1-2-10-27(11-3-1)40-35-17-9-6-14-31(35)37-32-24-26(20-23-36(32)41-38(37)40)25-18-21-28(22-19-25)39-33-15-7-4-12-29(33)30-13-5-8-16-34(30)39/h1-24H/i4D,5D,7D,8D,12D,13D,15D,16D. The van der Waals surface area contributed by atoms with Crippen molar-refractivity contribution in [2.24, 2.45) is 0 Å². The van der Waals surface area contributed by atoms with Crippen molar-refractivity contribution >= 4 is 54.8 Å². The van der Waals surface area contributed by atoms with Gasteiger partial charge in [0.15, 0.2) is 0 Å². The highest BCUT2D eigenvalue weighted by Crippen LogP contribution is 2.40. The zero-order valence-electron chi connectivity index (χ0n) is 29.5. The third-order valence-corrected chi connectivity index (χ3v) is 7.79. The largest absolute Gasteiger partial charge is 0.439 e. The van der Waals surface area contributed by atoms with Gasteiger partial charge in [-0.25, -0.2) is 0 Å². The molecule has 0 saturated heterocycles. The third-order valence-electron chi connectivity index (χ3n) is 7.79. The van der Waals surface area contributed by atoms with Gasteiger partial charge >= 0.3 is 0 Å². The lowest BCUT2D eigenvalue weighted by Gasteiger charge is -2.09. The number of hydrogen-bond donors (Lipinski definition) is 0. The van der Waals surface area contributed by atoms with Crippen LogP contribution in [0.5, 0.6) is 0 Å². The van der Waals surface area contributed by atoms with E-state index in [1.54, 1.807) is 12.1 Å². The number of hydrogen-bond acceptors (Lipinski definition) is 1. The van der Waals surface area contributed by atoms with Crippen molar-refractivity contribution in [1.82, 2.24) is 9.13 Å². The van der Waals surface area contributed by atoms with E-state index < -0.39 is 24.2 Å². The Hall–Kier alpha value is -5.54. The first-order valence-corrected chi connectivity index (χ1v) is 13.3. The van der Waals surface area contributed by atoms with Gasteiger partial charge < -0.3 is 8.98 Å². The Labute approximate surface area is 247 Å². The molecule has 3 aromatic heterocycles. The molecule has 3 nitrogen and oxygen atoms in total. The van der Waals surface area contributed by atoms with Crippen molar-refractivity contribution in [3.8, 4) is 22.5 Å². The zero-order chi connectivity index (χ0) is 33.9. The minimum absolute atomic E-state index is 0.0566. The van der Waals surface area contributed by atoms with Crippen LogP contribution in [-0.4, -0.2) is 9.13 Å². The highest BCUT2D eigenvalue weighted by atomic mass is 16.3. The maximum absolute atomic E-state index is 8.78. The van der Waals surface area contributed by atoms with Gasteiger partial charge in [0, 0.05) is 32.9 Å². The molecule has 41 heavy (non-hydrogen) atoms. The minimum atomic E-state index is -0.463. The third kappa shape index (κ3) is 3.20. The smallest absolute Gasteiger partial charge is 0.213 e. The lowest BCUT2D eigenvalue weighted by atomic mass is 10.0. The Balaban J connectivity index is 1.25. The first-order chi connectivity index (χ1) is 23.7. The summed E-state index contributed by atoms with van der Waals surface area (Å²) in [5, 5.41) is 3.17. The first-order valence-electron chi connectivity index (χ1n) is 17.3. The monoisotopic (exact) mass is 532 g/mol. The van der Waals surface area contributed by atoms with Gasteiger partial charge in [-0.1, -0.05) is 90.9 Å². The molecule has 192 valence electrons. The predicted molar refractivity (Wildman–Crippen MR) is 170 cm³/mol. The van der Waals surface area contributed by atoms with Gasteiger partial charge in [0.05, 0.1) is 32.9 Å². The number of furan rings is 1. The molecule has 0 unspecified atom stereocenters. The van der Waals surface area contributed by atoms with E-state index in [1.807, 2.05) is 54.6 Å². The molecule has 0 atom stereocenters. The summed E-state index contributed by atoms with van der Waals surface area (Å²) in [4.78, 5) is 0. The Morgan fingerprint density at radius 2 is 1.12 bits per heavy atom. The number of benzene rings is 6. The van der Waals surface area contributed by atoms with Gasteiger partial charge in [-0.2, -0.15) is 0 Å². The normalized spacial score (nSPS) is 14.6. The Morgan fingerprint density at radius 3 is 1.88 bits per heavy atom. The maximum Gasteiger partial charge on any atom is 0.213 e. The summed E-state index contributed by atoms with van der Waals surface area (Å²) in [6.07, 6.45) is 0. The number of rotatable bonds is 3. The van der Waals surface area contributed by atoms with Crippen LogP contribution in [0, 0.1) is 0 Å². The molecule has 0 aliphatic rings. The Bertz CT molecular complexity index is 2770. The van der Waals surface area contributed by atoms with E-state index in [0.29, 0.717) is 5.69 Å². The second kappa shape index (κ2) is 8.48. The SMILES string of the molecule is [2H]c1c([2H])c([2H])c2c(c1[2H])c1c([2H])c([2H])c([2H])c([2H])c1n2-c1ccc(-c2ccc3oc4c(c3c2)c2ccccc2n4-c2ccccc2)cc1. The zero-order valence-corrected chi connectivity index (χ0v) is 21.5. The fraction of sp³-hybridized carbons (Fsp3) is 0. The van der Waals surface area contributed by atoms with E-state index in [2.05, 4.69) is 34.9 Å². The second-order valence-corrected chi connectivity index (χ2v) is 10.0. The fourth-order valence-electron chi connectivity index (χ4n) is 5.99. The van der Waals surface area contributed by atoms with Gasteiger partial charge in [-0.05, 0) is 65.7 Å². The average molecular weight is 533 g/mol. The fourth-order valence-corrected chi connectivity index (χ4v) is 5.99. The molecular weight excluding hydrogens is 500 g/mol. The number of para-hydroxylation sites is 4. The van der Waals surface area contributed by atoms with E-state index in [1.165, 1.54) is 4.57 Å². The highest BCUT2D eigenvalue weighted by Gasteiger charge is 2.19. The van der Waals surface area contributed by atoms with Crippen molar-refractivity contribution < 1.29 is 15.4 Å². The quantitative estimate of drug-likeness (QED) is 0.222. The van der Waals surface area contributed by atoms with Crippen LogP contribution < -0.4 is 0 Å². The molecule has 0 fully saturated rings. The van der Waals surface area contributed by atoms with Gasteiger partial charge in [0.25, 0.3) is 0 Å². The molecule has 0 saturated carbocycles.